The van der Waals surface area contributed by atoms with Gasteiger partial charge in [-0.05, 0) is 17.2 Å². The van der Waals surface area contributed by atoms with Crippen LogP contribution >= 0.6 is 11.8 Å². The van der Waals surface area contributed by atoms with Gasteiger partial charge < -0.3 is 5.73 Å². The molecule has 0 aliphatic heterocycles. The van der Waals surface area contributed by atoms with Crippen LogP contribution in [-0.4, -0.2) is 9.97 Å². The van der Waals surface area contributed by atoms with Crippen LogP contribution in [-0.2, 0) is 12.3 Å². The van der Waals surface area contributed by atoms with Gasteiger partial charge in [0, 0.05) is 17.7 Å². The molecule has 0 aliphatic carbocycles. The average molecular weight is 281 g/mol. The number of fused-ring (bicyclic) bond motifs is 1. The Kier molecular flexibility index (Phi) is 3.95. The Balaban J connectivity index is 1.87. The lowest BCUT2D eigenvalue weighted by molar-refractivity contribution is 1.04. The van der Waals surface area contributed by atoms with Crippen LogP contribution in [0.2, 0.25) is 0 Å². The highest BCUT2D eigenvalue weighted by molar-refractivity contribution is 7.98. The van der Waals surface area contributed by atoms with Crippen molar-refractivity contribution in [1.29, 1.82) is 0 Å². The summed E-state index contributed by atoms with van der Waals surface area (Å²) in [5.74, 6) is 0.869. The summed E-state index contributed by atoms with van der Waals surface area (Å²) in [6, 6.07) is 16.4. The molecule has 0 fully saturated rings. The Labute approximate surface area is 122 Å². The van der Waals surface area contributed by atoms with Crippen molar-refractivity contribution in [3.05, 3.63) is 66.0 Å². The predicted octanol–water partition coefficient (Wildman–Crippen LogP) is 3.38. The van der Waals surface area contributed by atoms with Gasteiger partial charge in [-0.1, -0.05) is 42.5 Å². The molecule has 3 rings (SSSR count). The molecule has 3 nitrogen and oxygen atoms in total. The van der Waals surface area contributed by atoms with E-state index in [2.05, 4.69) is 28.2 Å². The summed E-state index contributed by atoms with van der Waals surface area (Å²) in [4.78, 5) is 8.68. The van der Waals surface area contributed by atoms with Crippen LogP contribution in [0.4, 0.5) is 0 Å². The molecule has 0 bridgehead atoms. The molecule has 100 valence electrons. The second-order valence-electron chi connectivity index (χ2n) is 4.46. The number of hydrogen-bond acceptors (Lipinski definition) is 4. The van der Waals surface area contributed by atoms with Crippen LogP contribution in [0.3, 0.4) is 0 Å². The lowest BCUT2D eigenvalue weighted by atomic mass is 10.1. The maximum atomic E-state index is 5.78. The maximum absolute atomic E-state index is 5.78. The van der Waals surface area contributed by atoms with Gasteiger partial charge in [-0.3, -0.25) is 0 Å². The number of aromatic nitrogens is 2. The summed E-state index contributed by atoms with van der Waals surface area (Å²) in [5.41, 5.74) is 9.22. The van der Waals surface area contributed by atoms with Gasteiger partial charge in [-0.25, -0.2) is 9.97 Å². The van der Waals surface area contributed by atoms with Gasteiger partial charge in [-0.2, -0.15) is 0 Å². The minimum Gasteiger partial charge on any atom is -0.326 e. The Morgan fingerprint density at radius 1 is 0.900 bits per heavy atom. The van der Waals surface area contributed by atoms with Crippen molar-refractivity contribution in [2.24, 2.45) is 5.73 Å². The van der Waals surface area contributed by atoms with E-state index in [9.17, 15) is 0 Å². The molecule has 0 aliphatic rings. The SMILES string of the molecule is NCc1ccccc1CSc1ncnc2ccccc12. The van der Waals surface area contributed by atoms with Gasteiger partial charge in [0.15, 0.2) is 0 Å². The van der Waals surface area contributed by atoms with Gasteiger partial charge in [-0.15, -0.1) is 11.8 Å². The Bertz CT molecular complexity index is 722. The monoisotopic (exact) mass is 281 g/mol. The van der Waals surface area contributed by atoms with E-state index in [1.807, 2.05) is 30.3 Å². The lowest BCUT2D eigenvalue weighted by Gasteiger charge is -2.08. The summed E-state index contributed by atoms with van der Waals surface area (Å²) in [7, 11) is 0. The first kappa shape index (κ1) is 13.1. The normalized spacial score (nSPS) is 10.8. The molecule has 0 atom stereocenters. The molecule has 0 spiro atoms. The molecule has 2 N–H and O–H groups in total. The van der Waals surface area contributed by atoms with Crippen molar-refractivity contribution in [3.8, 4) is 0 Å². The van der Waals surface area contributed by atoms with E-state index >= 15 is 0 Å². The van der Waals surface area contributed by atoms with Crippen LogP contribution < -0.4 is 5.73 Å². The summed E-state index contributed by atoms with van der Waals surface area (Å²) in [5, 5.41) is 2.12. The van der Waals surface area contributed by atoms with Crippen molar-refractivity contribution in [3.63, 3.8) is 0 Å². The molecule has 1 heterocycles. The summed E-state index contributed by atoms with van der Waals surface area (Å²) >= 11 is 1.73. The first-order valence-corrected chi connectivity index (χ1v) is 7.46. The van der Waals surface area contributed by atoms with Gasteiger partial charge in [0.25, 0.3) is 0 Å². The quantitative estimate of drug-likeness (QED) is 0.588. The zero-order chi connectivity index (χ0) is 13.8. The molecular formula is C16H15N3S. The average Bonchev–Trinajstić information content (AvgIpc) is 2.53. The van der Waals surface area contributed by atoms with Gasteiger partial charge in [0.1, 0.15) is 11.4 Å². The van der Waals surface area contributed by atoms with Gasteiger partial charge >= 0.3 is 0 Å². The lowest BCUT2D eigenvalue weighted by Crippen LogP contribution is -2.00. The largest absolute Gasteiger partial charge is 0.326 e. The first-order valence-electron chi connectivity index (χ1n) is 6.48. The summed E-state index contributed by atoms with van der Waals surface area (Å²) < 4.78 is 0. The van der Waals surface area contributed by atoms with Crippen LogP contribution in [0.5, 0.6) is 0 Å². The smallest absolute Gasteiger partial charge is 0.117 e. The van der Waals surface area contributed by atoms with Crippen molar-refractivity contribution in [2.75, 3.05) is 0 Å². The van der Waals surface area contributed by atoms with Gasteiger partial charge in [0.05, 0.1) is 5.52 Å². The van der Waals surface area contributed by atoms with Crippen molar-refractivity contribution in [2.45, 2.75) is 17.3 Å². The van der Waals surface area contributed by atoms with Crippen molar-refractivity contribution in [1.82, 2.24) is 9.97 Å². The van der Waals surface area contributed by atoms with E-state index in [-0.39, 0.29) is 0 Å². The fraction of sp³-hybridized carbons (Fsp3) is 0.125. The molecule has 1 aromatic heterocycles. The molecule has 0 saturated carbocycles. The second kappa shape index (κ2) is 6.03. The minimum atomic E-state index is 0.571. The number of para-hydroxylation sites is 1. The third-order valence-electron chi connectivity index (χ3n) is 3.21. The molecule has 3 aromatic rings. The van der Waals surface area contributed by atoms with Gasteiger partial charge in [0.2, 0.25) is 0 Å². The fourth-order valence-corrected chi connectivity index (χ4v) is 3.16. The molecule has 4 heteroatoms. The van der Waals surface area contributed by atoms with E-state index in [4.69, 9.17) is 5.73 Å². The molecule has 0 unspecified atom stereocenters. The maximum Gasteiger partial charge on any atom is 0.117 e. The topological polar surface area (TPSA) is 51.8 Å². The first-order chi connectivity index (χ1) is 9.88. The molecule has 0 radical (unpaired) electrons. The van der Waals surface area contributed by atoms with Crippen molar-refractivity contribution < 1.29 is 0 Å². The summed E-state index contributed by atoms with van der Waals surface area (Å²) in [6.07, 6.45) is 1.62. The number of benzene rings is 2. The molecule has 0 amide bonds. The predicted molar refractivity (Wildman–Crippen MR) is 83.4 cm³/mol. The Hall–Kier alpha value is -1.91. The highest BCUT2D eigenvalue weighted by Crippen LogP contribution is 2.28. The zero-order valence-electron chi connectivity index (χ0n) is 11.0. The molecule has 20 heavy (non-hydrogen) atoms. The van der Waals surface area contributed by atoms with Crippen LogP contribution in [0.25, 0.3) is 10.9 Å². The van der Waals surface area contributed by atoms with E-state index in [1.54, 1.807) is 18.1 Å². The fourth-order valence-electron chi connectivity index (χ4n) is 2.14. The van der Waals surface area contributed by atoms with Crippen LogP contribution in [0.15, 0.2) is 59.9 Å². The number of thioether (sulfide) groups is 1. The number of rotatable bonds is 4. The van der Waals surface area contributed by atoms with Crippen LogP contribution in [0.1, 0.15) is 11.1 Å². The molecule has 2 aromatic carbocycles. The second-order valence-corrected chi connectivity index (χ2v) is 5.42. The third kappa shape index (κ3) is 2.66. The Morgan fingerprint density at radius 2 is 1.65 bits per heavy atom. The highest BCUT2D eigenvalue weighted by Gasteiger charge is 2.06. The van der Waals surface area contributed by atoms with E-state index in [1.165, 1.54) is 11.1 Å². The summed E-state index contributed by atoms with van der Waals surface area (Å²) in [6.45, 7) is 0.571. The highest BCUT2D eigenvalue weighted by atomic mass is 32.2. The van der Waals surface area contributed by atoms with E-state index in [0.717, 1.165) is 21.7 Å². The van der Waals surface area contributed by atoms with Crippen molar-refractivity contribution >= 4 is 22.7 Å². The van der Waals surface area contributed by atoms with Crippen LogP contribution in [0, 0.1) is 0 Å². The number of nitrogens with zero attached hydrogens (tertiary/aromatic N) is 2. The standard InChI is InChI=1S/C16H15N3S/c17-9-12-5-1-2-6-13(12)10-20-16-14-7-3-4-8-15(14)18-11-19-16/h1-8,11H,9-10,17H2. The molecular weight excluding hydrogens is 266 g/mol. The van der Waals surface area contributed by atoms with E-state index in [0.29, 0.717) is 6.54 Å². The number of nitrogens with two attached hydrogens (primary N) is 1. The van der Waals surface area contributed by atoms with E-state index < -0.39 is 0 Å². The third-order valence-corrected chi connectivity index (χ3v) is 4.26. The number of hydrogen-bond donors (Lipinski definition) is 1. The Morgan fingerprint density at radius 3 is 2.50 bits per heavy atom. The molecule has 0 saturated heterocycles. The minimum absolute atomic E-state index is 0.571. The zero-order valence-corrected chi connectivity index (χ0v) is 11.8.